The van der Waals surface area contributed by atoms with Crippen molar-refractivity contribution in [2.24, 2.45) is 0 Å². The van der Waals surface area contributed by atoms with Gasteiger partial charge in [0.05, 0.1) is 10.5 Å². The number of carboxylic acid groups (broad SMARTS) is 1. The molecule has 1 aromatic carbocycles. The van der Waals surface area contributed by atoms with Gasteiger partial charge in [-0.1, -0.05) is 6.92 Å². The topological polar surface area (TPSA) is 77.9 Å². The Balaban J connectivity index is 0.00000242. The van der Waals surface area contributed by atoms with Crippen LogP contribution in [0.3, 0.4) is 0 Å². The van der Waals surface area contributed by atoms with E-state index in [4.69, 9.17) is 5.11 Å². The molecular weight excluding hydrogens is 335 g/mol. The highest BCUT2D eigenvalue weighted by Crippen LogP contribution is 2.20. The number of carboxylic acids is 1. The number of carbonyl (C=O) groups is 1. The molecule has 1 saturated heterocycles. The highest BCUT2D eigenvalue weighted by molar-refractivity contribution is 7.89. The minimum absolute atomic E-state index is 0. The molecule has 0 unspecified atom stereocenters. The van der Waals surface area contributed by atoms with E-state index in [2.05, 4.69) is 4.90 Å². The summed E-state index contributed by atoms with van der Waals surface area (Å²) in [6, 6.07) is 2.85. The zero-order valence-electron chi connectivity index (χ0n) is 12.0. The summed E-state index contributed by atoms with van der Waals surface area (Å²) in [4.78, 5) is 12.8. The highest BCUT2D eigenvalue weighted by atomic mass is 35.5. The van der Waals surface area contributed by atoms with Crippen molar-refractivity contribution in [1.82, 2.24) is 9.21 Å². The number of hydrogen-bond acceptors (Lipinski definition) is 4. The molecule has 2 rings (SSSR count). The van der Waals surface area contributed by atoms with Crippen LogP contribution in [0.4, 0.5) is 4.39 Å². The molecular formula is C13H18ClFN2O4S. The van der Waals surface area contributed by atoms with E-state index in [1.165, 1.54) is 4.31 Å². The molecule has 0 bridgehead atoms. The number of nitrogens with zero attached hydrogens (tertiary/aromatic N) is 2. The molecule has 0 aromatic heterocycles. The van der Waals surface area contributed by atoms with Crippen molar-refractivity contribution in [1.29, 1.82) is 0 Å². The molecule has 1 fully saturated rings. The van der Waals surface area contributed by atoms with E-state index in [9.17, 15) is 17.6 Å². The van der Waals surface area contributed by atoms with Gasteiger partial charge in [0.15, 0.2) is 0 Å². The fourth-order valence-corrected chi connectivity index (χ4v) is 3.71. The van der Waals surface area contributed by atoms with Gasteiger partial charge in [0.1, 0.15) is 5.82 Å². The Kier molecular flexibility index (Phi) is 6.30. The summed E-state index contributed by atoms with van der Waals surface area (Å²) in [5, 5.41) is 8.88. The first-order valence-electron chi connectivity index (χ1n) is 6.61. The number of likely N-dealkylation sites (N-methyl/N-ethyl adjacent to an activating group) is 1. The summed E-state index contributed by atoms with van der Waals surface area (Å²) in [7, 11) is -3.79. The van der Waals surface area contributed by atoms with Gasteiger partial charge < -0.3 is 10.0 Å². The van der Waals surface area contributed by atoms with E-state index in [0.717, 1.165) is 24.7 Å². The summed E-state index contributed by atoms with van der Waals surface area (Å²) in [5.41, 5.74) is -0.636. The quantitative estimate of drug-likeness (QED) is 0.883. The van der Waals surface area contributed by atoms with Gasteiger partial charge in [0.2, 0.25) is 10.0 Å². The number of rotatable bonds is 4. The summed E-state index contributed by atoms with van der Waals surface area (Å²) < 4.78 is 39.6. The zero-order chi connectivity index (χ0) is 15.6. The molecule has 0 spiro atoms. The predicted molar refractivity (Wildman–Crippen MR) is 81.5 cm³/mol. The first kappa shape index (κ1) is 18.8. The molecule has 1 N–H and O–H groups in total. The van der Waals surface area contributed by atoms with Crippen molar-refractivity contribution in [2.45, 2.75) is 11.8 Å². The van der Waals surface area contributed by atoms with E-state index < -0.39 is 27.4 Å². The van der Waals surface area contributed by atoms with Crippen LogP contribution in [-0.2, 0) is 10.0 Å². The molecule has 1 heterocycles. The molecule has 1 aliphatic heterocycles. The van der Waals surface area contributed by atoms with Crippen molar-refractivity contribution < 1.29 is 22.7 Å². The molecule has 0 amide bonds. The number of piperazine rings is 1. The fourth-order valence-electron chi connectivity index (χ4n) is 2.26. The summed E-state index contributed by atoms with van der Waals surface area (Å²) in [6.07, 6.45) is 0. The Morgan fingerprint density at radius 2 is 1.86 bits per heavy atom. The first-order valence-corrected chi connectivity index (χ1v) is 8.05. The summed E-state index contributed by atoms with van der Waals surface area (Å²) in [5.74, 6) is -2.43. The third kappa shape index (κ3) is 3.75. The molecule has 0 aliphatic carbocycles. The number of sulfonamides is 1. The third-order valence-electron chi connectivity index (χ3n) is 3.58. The van der Waals surface area contributed by atoms with Gasteiger partial charge in [-0.15, -0.1) is 12.4 Å². The SMILES string of the molecule is CCN1CCN(S(=O)(=O)c2ccc(F)c(C(=O)O)c2)CC1.Cl. The number of benzene rings is 1. The second-order valence-electron chi connectivity index (χ2n) is 4.79. The number of hydrogen-bond donors (Lipinski definition) is 1. The maximum Gasteiger partial charge on any atom is 0.338 e. The Hall–Kier alpha value is -1.22. The van der Waals surface area contributed by atoms with Crippen LogP contribution in [0.15, 0.2) is 23.1 Å². The van der Waals surface area contributed by atoms with Gasteiger partial charge in [-0.05, 0) is 24.7 Å². The summed E-state index contributed by atoms with van der Waals surface area (Å²) >= 11 is 0. The van der Waals surface area contributed by atoms with Crippen molar-refractivity contribution >= 4 is 28.4 Å². The summed E-state index contributed by atoms with van der Waals surface area (Å²) in [6.45, 7) is 4.80. The number of aromatic carboxylic acids is 1. The average molecular weight is 353 g/mol. The van der Waals surface area contributed by atoms with Crippen molar-refractivity contribution in [3.63, 3.8) is 0 Å². The largest absolute Gasteiger partial charge is 0.478 e. The van der Waals surface area contributed by atoms with Gasteiger partial charge in [0, 0.05) is 26.2 Å². The predicted octanol–water partition coefficient (Wildman–Crippen LogP) is 1.27. The lowest BCUT2D eigenvalue weighted by atomic mass is 10.2. The number of halogens is 2. The lowest BCUT2D eigenvalue weighted by Crippen LogP contribution is -2.48. The molecule has 0 atom stereocenters. The lowest BCUT2D eigenvalue weighted by Gasteiger charge is -2.33. The molecule has 22 heavy (non-hydrogen) atoms. The van der Waals surface area contributed by atoms with Gasteiger partial charge >= 0.3 is 5.97 Å². The Labute approximate surface area is 135 Å². The van der Waals surface area contributed by atoms with E-state index in [1.807, 2.05) is 6.92 Å². The molecule has 9 heteroatoms. The van der Waals surface area contributed by atoms with Crippen LogP contribution in [0.25, 0.3) is 0 Å². The van der Waals surface area contributed by atoms with E-state index in [1.54, 1.807) is 0 Å². The van der Waals surface area contributed by atoms with Gasteiger partial charge in [-0.3, -0.25) is 0 Å². The van der Waals surface area contributed by atoms with Crippen LogP contribution >= 0.6 is 12.4 Å². The van der Waals surface area contributed by atoms with Gasteiger partial charge in [-0.25, -0.2) is 17.6 Å². The van der Waals surface area contributed by atoms with Gasteiger partial charge in [0.25, 0.3) is 0 Å². The monoisotopic (exact) mass is 352 g/mol. The standard InChI is InChI=1S/C13H17FN2O4S.ClH/c1-2-15-5-7-16(8-6-15)21(19,20)10-3-4-12(14)11(9-10)13(17)18;/h3-4,9H,2,5-8H2,1H3,(H,17,18);1H. The smallest absolute Gasteiger partial charge is 0.338 e. The zero-order valence-corrected chi connectivity index (χ0v) is 13.7. The maximum absolute atomic E-state index is 13.4. The minimum Gasteiger partial charge on any atom is -0.478 e. The molecule has 6 nitrogen and oxygen atoms in total. The first-order chi connectivity index (χ1) is 9.86. The third-order valence-corrected chi connectivity index (χ3v) is 5.48. The molecule has 1 aromatic rings. The molecule has 1 aliphatic rings. The Morgan fingerprint density at radius 1 is 1.27 bits per heavy atom. The van der Waals surface area contributed by atoms with Crippen LogP contribution in [0.5, 0.6) is 0 Å². The molecule has 0 radical (unpaired) electrons. The van der Waals surface area contributed by atoms with Crippen molar-refractivity contribution in [3.8, 4) is 0 Å². The van der Waals surface area contributed by atoms with Crippen LogP contribution in [0.1, 0.15) is 17.3 Å². The average Bonchev–Trinajstić information content (AvgIpc) is 2.47. The normalized spacial score (nSPS) is 17.0. The van der Waals surface area contributed by atoms with Crippen LogP contribution in [-0.4, -0.2) is 61.4 Å². The van der Waals surface area contributed by atoms with Crippen molar-refractivity contribution in [3.05, 3.63) is 29.6 Å². The fraction of sp³-hybridized carbons (Fsp3) is 0.462. The second kappa shape index (κ2) is 7.36. The van der Waals surface area contributed by atoms with Crippen LogP contribution in [0, 0.1) is 5.82 Å². The van der Waals surface area contributed by atoms with Crippen LogP contribution < -0.4 is 0 Å². The lowest BCUT2D eigenvalue weighted by molar-refractivity contribution is 0.0691. The van der Waals surface area contributed by atoms with Crippen molar-refractivity contribution in [2.75, 3.05) is 32.7 Å². The van der Waals surface area contributed by atoms with Gasteiger partial charge in [-0.2, -0.15) is 4.31 Å². The molecule has 124 valence electrons. The second-order valence-corrected chi connectivity index (χ2v) is 6.72. The van der Waals surface area contributed by atoms with E-state index in [0.29, 0.717) is 26.2 Å². The van der Waals surface area contributed by atoms with E-state index >= 15 is 0 Å². The minimum atomic E-state index is -3.79. The molecule has 0 saturated carbocycles. The Morgan fingerprint density at radius 3 is 2.36 bits per heavy atom. The Bertz CT molecular complexity index is 645. The highest BCUT2D eigenvalue weighted by Gasteiger charge is 2.29. The van der Waals surface area contributed by atoms with E-state index in [-0.39, 0.29) is 17.3 Å². The maximum atomic E-state index is 13.4. The van der Waals surface area contributed by atoms with Crippen LogP contribution in [0.2, 0.25) is 0 Å².